The summed E-state index contributed by atoms with van der Waals surface area (Å²) in [6.07, 6.45) is 0. The fourth-order valence-corrected chi connectivity index (χ4v) is 4.02. The number of carbonyl (C=O) groups is 2. The van der Waals surface area contributed by atoms with E-state index >= 15 is 0 Å². The van der Waals surface area contributed by atoms with Gasteiger partial charge in [-0.05, 0) is 30.5 Å². The highest BCUT2D eigenvalue weighted by Crippen LogP contribution is 2.28. The van der Waals surface area contributed by atoms with Crippen molar-refractivity contribution >= 4 is 39.9 Å². The summed E-state index contributed by atoms with van der Waals surface area (Å²) < 4.78 is 14.0. The van der Waals surface area contributed by atoms with Gasteiger partial charge in [-0.25, -0.2) is 4.39 Å². The molecule has 1 amide bonds. The van der Waals surface area contributed by atoms with Crippen LogP contribution in [0.1, 0.15) is 42.6 Å². The number of Topliss-reactive ketones (excluding diaryl/α,β-unsaturated/α-hetero) is 1. The van der Waals surface area contributed by atoms with Crippen molar-refractivity contribution in [3.63, 3.8) is 0 Å². The van der Waals surface area contributed by atoms with Crippen LogP contribution in [0.15, 0.2) is 47.4 Å². The summed E-state index contributed by atoms with van der Waals surface area (Å²) in [4.78, 5) is 23.8. The topological polar surface area (TPSA) is 72.0 Å². The highest BCUT2D eigenvalue weighted by Gasteiger charge is 2.13. The van der Waals surface area contributed by atoms with Gasteiger partial charge in [0.15, 0.2) is 5.78 Å². The van der Waals surface area contributed by atoms with E-state index in [4.69, 9.17) is 0 Å². The van der Waals surface area contributed by atoms with E-state index in [0.29, 0.717) is 26.5 Å². The van der Waals surface area contributed by atoms with Gasteiger partial charge in [-0.15, -0.1) is 22.0 Å². The standard InChI is InChI=1S/C21H20FN3O2S2/c1-12(2)14-4-6-15(7-5-14)20-24-25-21(29-20)23-19(27)11-28-18-9-8-16(13(3)26)10-17(18)22/h4-10,12H,11H2,1-3H3,(H,23,25,27). The molecule has 0 spiro atoms. The lowest BCUT2D eigenvalue weighted by Crippen LogP contribution is -2.14. The zero-order valence-electron chi connectivity index (χ0n) is 16.2. The molecule has 0 saturated carbocycles. The van der Waals surface area contributed by atoms with Crippen molar-refractivity contribution in [3.8, 4) is 10.6 Å². The Bertz CT molecular complexity index is 1030. The van der Waals surface area contributed by atoms with Crippen molar-refractivity contribution in [2.24, 2.45) is 0 Å². The molecule has 150 valence electrons. The van der Waals surface area contributed by atoms with E-state index in [1.165, 1.54) is 36.0 Å². The number of hydrogen-bond donors (Lipinski definition) is 1. The van der Waals surface area contributed by atoms with Crippen molar-refractivity contribution in [2.75, 3.05) is 11.1 Å². The minimum atomic E-state index is -0.515. The molecule has 8 heteroatoms. The van der Waals surface area contributed by atoms with Crippen LogP contribution in [-0.2, 0) is 4.79 Å². The Morgan fingerprint density at radius 3 is 2.48 bits per heavy atom. The van der Waals surface area contributed by atoms with Gasteiger partial charge < -0.3 is 0 Å². The number of hydrogen-bond acceptors (Lipinski definition) is 6. The number of amides is 1. The average Bonchev–Trinajstić information content (AvgIpc) is 3.15. The molecule has 0 fully saturated rings. The maximum absolute atomic E-state index is 14.0. The van der Waals surface area contributed by atoms with Crippen LogP contribution in [0.2, 0.25) is 0 Å². The summed E-state index contributed by atoms with van der Waals surface area (Å²) >= 11 is 2.34. The van der Waals surface area contributed by atoms with Crippen LogP contribution in [0.5, 0.6) is 0 Å². The van der Waals surface area contributed by atoms with Crippen LogP contribution in [-0.4, -0.2) is 27.6 Å². The van der Waals surface area contributed by atoms with Crippen LogP contribution < -0.4 is 5.32 Å². The minimum absolute atomic E-state index is 0.0222. The third kappa shape index (κ3) is 5.48. The summed E-state index contributed by atoms with van der Waals surface area (Å²) in [7, 11) is 0. The van der Waals surface area contributed by atoms with Gasteiger partial charge in [-0.1, -0.05) is 55.5 Å². The Hall–Kier alpha value is -2.58. The number of ketones is 1. The lowest BCUT2D eigenvalue weighted by Gasteiger charge is -2.05. The molecule has 5 nitrogen and oxygen atoms in total. The Kier molecular flexibility index (Phi) is 6.76. The fourth-order valence-electron chi connectivity index (χ4n) is 2.54. The number of nitrogens with zero attached hydrogens (tertiary/aromatic N) is 2. The average molecular weight is 430 g/mol. The first kappa shape index (κ1) is 21.1. The number of halogens is 1. The van der Waals surface area contributed by atoms with Gasteiger partial charge in [0.25, 0.3) is 0 Å². The highest BCUT2D eigenvalue weighted by molar-refractivity contribution is 8.00. The summed E-state index contributed by atoms with van der Waals surface area (Å²) in [6.45, 7) is 5.65. The highest BCUT2D eigenvalue weighted by atomic mass is 32.2. The van der Waals surface area contributed by atoms with Crippen molar-refractivity contribution in [1.29, 1.82) is 0 Å². The third-order valence-electron chi connectivity index (χ3n) is 4.19. The molecule has 29 heavy (non-hydrogen) atoms. The van der Waals surface area contributed by atoms with E-state index in [1.54, 1.807) is 6.07 Å². The van der Waals surface area contributed by atoms with E-state index in [9.17, 15) is 14.0 Å². The van der Waals surface area contributed by atoms with Crippen LogP contribution in [0.3, 0.4) is 0 Å². The molecule has 0 saturated heterocycles. The first-order valence-electron chi connectivity index (χ1n) is 9.00. The predicted molar refractivity (Wildman–Crippen MR) is 115 cm³/mol. The number of anilines is 1. The molecule has 0 aliphatic heterocycles. The second kappa shape index (κ2) is 9.28. The Morgan fingerprint density at radius 1 is 1.14 bits per heavy atom. The van der Waals surface area contributed by atoms with Crippen LogP contribution in [0, 0.1) is 5.82 Å². The summed E-state index contributed by atoms with van der Waals surface area (Å²) in [6, 6.07) is 12.3. The molecule has 0 atom stereocenters. The quantitative estimate of drug-likeness (QED) is 0.402. The van der Waals surface area contributed by atoms with Gasteiger partial charge in [0.1, 0.15) is 10.8 Å². The van der Waals surface area contributed by atoms with Crippen LogP contribution >= 0.6 is 23.1 Å². The van der Waals surface area contributed by atoms with Gasteiger partial charge in [-0.2, -0.15) is 0 Å². The zero-order valence-corrected chi connectivity index (χ0v) is 17.9. The maximum atomic E-state index is 14.0. The Labute approximate surface area is 176 Å². The monoisotopic (exact) mass is 429 g/mol. The van der Waals surface area contributed by atoms with Crippen molar-refractivity contribution in [2.45, 2.75) is 31.6 Å². The molecule has 1 N–H and O–H groups in total. The second-order valence-corrected chi connectivity index (χ2v) is 8.72. The Morgan fingerprint density at radius 2 is 1.86 bits per heavy atom. The number of rotatable bonds is 7. The summed E-state index contributed by atoms with van der Waals surface area (Å²) in [5, 5.41) is 11.9. The summed E-state index contributed by atoms with van der Waals surface area (Å²) in [5.41, 5.74) is 2.49. The largest absolute Gasteiger partial charge is 0.300 e. The molecule has 0 radical (unpaired) electrons. The fraction of sp³-hybridized carbons (Fsp3) is 0.238. The molecule has 0 bridgehead atoms. The van der Waals surface area contributed by atoms with Crippen molar-refractivity contribution < 1.29 is 14.0 Å². The van der Waals surface area contributed by atoms with Gasteiger partial charge in [0.2, 0.25) is 11.0 Å². The second-order valence-electron chi connectivity index (χ2n) is 6.73. The third-order valence-corrected chi connectivity index (χ3v) is 6.13. The maximum Gasteiger partial charge on any atom is 0.236 e. The lowest BCUT2D eigenvalue weighted by molar-refractivity contribution is -0.113. The van der Waals surface area contributed by atoms with Gasteiger partial charge in [0, 0.05) is 16.0 Å². The van der Waals surface area contributed by atoms with Gasteiger partial charge in [0.05, 0.1) is 5.75 Å². The normalized spacial score (nSPS) is 10.9. The summed E-state index contributed by atoms with van der Waals surface area (Å²) in [5.74, 6) is -0.547. The first-order chi connectivity index (χ1) is 13.8. The molecule has 1 aromatic heterocycles. The Balaban J connectivity index is 1.58. The van der Waals surface area contributed by atoms with Crippen molar-refractivity contribution in [3.05, 3.63) is 59.4 Å². The molecule has 0 aliphatic carbocycles. The zero-order chi connectivity index (χ0) is 21.0. The number of benzene rings is 2. The van der Waals surface area contributed by atoms with Crippen molar-refractivity contribution in [1.82, 2.24) is 10.2 Å². The predicted octanol–water partition coefficient (Wildman–Crippen LogP) is 5.40. The number of thioether (sulfide) groups is 1. The minimum Gasteiger partial charge on any atom is -0.300 e. The van der Waals surface area contributed by atoms with E-state index in [2.05, 4.69) is 41.5 Å². The van der Waals surface area contributed by atoms with Crippen LogP contribution in [0.25, 0.3) is 10.6 Å². The molecular formula is C21H20FN3O2S2. The van der Waals surface area contributed by atoms with E-state index in [1.807, 2.05) is 12.1 Å². The molecule has 2 aromatic carbocycles. The van der Waals surface area contributed by atoms with E-state index in [-0.39, 0.29) is 17.4 Å². The van der Waals surface area contributed by atoms with Crippen LogP contribution in [0.4, 0.5) is 9.52 Å². The molecule has 0 aliphatic rings. The van der Waals surface area contributed by atoms with E-state index in [0.717, 1.165) is 17.3 Å². The van der Waals surface area contributed by atoms with Gasteiger partial charge >= 0.3 is 0 Å². The SMILES string of the molecule is CC(=O)c1ccc(SCC(=O)Nc2nnc(-c3ccc(C(C)C)cc3)s2)c(F)c1. The number of carbonyl (C=O) groups excluding carboxylic acids is 2. The number of aromatic nitrogens is 2. The molecule has 1 heterocycles. The molecule has 3 aromatic rings. The number of nitrogens with one attached hydrogen (secondary N) is 1. The molecule has 0 unspecified atom stereocenters. The lowest BCUT2D eigenvalue weighted by atomic mass is 10.0. The molecule has 3 rings (SSSR count). The first-order valence-corrected chi connectivity index (χ1v) is 10.8. The molecular weight excluding hydrogens is 409 g/mol. The van der Waals surface area contributed by atoms with Gasteiger partial charge in [-0.3, -0.25) is 14.9 Å². The smallest absolute Gasteiger partial charge is 0.236 e. The van der Waals surface area contributed by atoms with E-state index < -0.39 is 5.82 Å².